The van der Waals surface area contributed by atoms with Crippen molar-refractivity contribution >= 4 is 23.2 Å². The summed E-state index contributed by atoms with van der Waals surface area (Å²) in [6.07, 6.45) is 4.07. The molecule has 2 aromatic carbocycles. The van der Waals surface area contributed by atoms with Crippen LogP contribution in [0.1, 0.15) is 18.4 Å². The third kappa shape index (κ3) is 4.43. The molecule has 138 valence electrons. The molecule has 1 saturated carbocycles. The van der Waals surface area contributed by atoms with Gasteiger partial charge in [-0.15, -0.1) is 0 Å². The quantitative estimate of drug-likeness (QED) is 0.623. The van der Waals surface area contributed by atoms with Gasteiger partial charge in [-0.05, 0) is 55.3 Å². The lowest BCUT2D eigenvalue weighted by Crippen LogP contribution is -2.19. The molecule has 0 radical (unpaired) electrons. The number of anilines is 3. The number of nitrogens with one attached hydrogen (secondary N) is 3. The molecular formula is C21H18N6O. The predicted octanol–water partition coefficient (Wildman–Crippen LogP) is 4.23. The van der Waals surface area contributed by atoms with Gasteiger partial charge in [0, 0.05) is 29.2 Å². The summed E-state index contributed by atoms with van der Waals surface area (Å²) >= 11 is 0. The van der Waals surface area contributed by atoms with E-state index < -0.39 is 0 Å². The second-order valence-corrected chi connectivity index (χ2v) is 6.53. The maximum absolute atomic E-state index is 12.2. The molecule has 3 aromatic rings. The fraction of sp³-hybridized carbons (Fsp3) is 0.143. The van der Waals surface area contributed by atoms with E-state index in [1.807, 2.05) is 30.3 Å². The van der Waals surface area contributed by atoms with E-state index in [1.54, 1.807) is 36.5 Å². The summed E-state index contributed by atoms with van der Waals surface area (Å²) < 4.78 is 0. The van der Waals surface area contributed by atoms with Crippen LogP contribution in [0.2, 0.25) is 0 Å². The van der Waals surface area contributed by atoms with Crippen LogP contribution in [0.4, 0.5) is 22.0 Å². The first kappa shape index (κ1) is 17.5. The molecule has 1 heterocycles. The van der Waals surface area contributed by atoms with Crippen molar-refractivity contribution in [3.8, 4) is 17.5 Å². The molecular weight excluding hydrogens is 352 g/mol. The zero-order valence-corrected chi connectivity index (χ0v) is 15.0. The van der Waals surface area contributed by atoms with Crippen molar-refractivity contribution in [1.82, 2.24) is 9.97 Å². The molecule has 0 spiro atoms. The molecule has 0 unspecified atom stereocenters. The molecule has 28 heavy (non-hydrogen) atoms. The minimum absolute atomic E-state index is 0.369. The number of nitriles is 1. The van der Waals surface area contributed by atoms with Crippen LogP contribution < -0.4 is 16.0 Å². The van der Waals surface area contributed by atoms with E-state index in [1.165, 1.54) is 12.8 Å². The summed E-state index contributed by atoms with van der Waals surface area (Å²) in [5.41, 5.74) is 2.59. The SMILES string of the molecule is N#Cc1ccc(NC(=O)Nc2cccc(-c3nccc(NC4CC4)n3)c2)cc1. The zero-order valence-electron chi connectivity index (χ0n) is 15.0. The van der Waals surface area contributed by atoms with Crippen LogP contribution in [0.15, 0.2) is 60.8 Å². The Bertz CT molecular complexity index is 1040. The van der Waals surface area contributed by atoms with Crippen LogP contribution in [-0.4, -0.2) is 22.0 Å². The van der Waals surface area contributed by atoms with Crippen molar-refractivity contribution in [2.45, 2.75) is 18.9 Å². The Morgan fingerprint density at radius 3 is 2.57 bits per heavy atom. The van der Waals surface area contributed by atoms with E-state index in [-0.39, 0.29) is 6.03 Å². The first-order valence-electron chi connectivity index (χ1n) is 8.98. The number of nitrogens with zero attached hydrogens (tertiary/aromatic N) is 3. The van der Waals surface area contributed by atoms with Gasteiger partial charge >= 0.3 is 6.03 Å². The van der Waals surface area contributed by atoms with Gasteiger partial charge in [-0.2, -0.15) is 5.26 Å². The Morgan fingerprint density at radius 2 is 1.82 bits per heavy atom. The standard InChI is InChI=1S/C21H18N6O/c22-13-14-4-6-17(7-5-14)25-21(28)26-18-3-1-2-15(12-18)20-23-11-10-19(27-20)24-16-8-9-16/h1-7,10-12,16H,8-9H2,(H,23,24,27)(H2,25,26,28). The first-order chi connectivity index (χ1) is 13.7. The molecule has 7 nitrogen and oxygen atoms in total. The topological polar surface area (TPSA) is 103 Å². The molecule has 2 amide bonds. The molecule has 1 aromatic heterocycles. The Morgan fingerprint density at radius 1 is 1.04 bits per heavy atom. The van der Waals surface area contributed by atoms with E-state index in [2.05, 4.69) is 25.9 Å². The van der Waals surface area contributed by atoms with Crippen molar-refractivity contribution in [2.75, 3.05) is 16.0 Å². The molecule has 0 aliphatic heterocycles. The Kier molecular flexibility index (Phi) is 4.85. The number of hydrogen-bond acceptors (Lipinski definition) is 5. The van der Waals surface area contributed by atoms with Crippen LogP contribution >= 0.6 is 0 Å². The molecule has 7 heteroatoms. The number of amides is 2. The average molecular weight is 370 g/mol. The highest BCUT2D eigenvalue weighted by Gasteiger charge is 2.21. The van der Waals surface area contributed by atoms with Gasteiger partial charge < -0.3 is 16.0 Å². The molecule has 0 atom stereocenters. The van der Waals surface area contributed by atoms with Gasteiger partial charge in [-0.1, -0.05) is 12.1 Å². The Hall–Kier alpha value is -3.92. The summed E-state index contributed by atoms with van der Waals surface area (Å²) in [7, 11) is 0. The third-order valence-corrected chi connectivity index (χ3v) is 4.24. The highest BCUT2D eigenvalue weighted by atomic mass is 16.2. The summed E-state index contributed by atoms with van der Waals surface area (Å²) in [4.78, 5) is 21.1. The second kappa shape index (κ2) is 7.76. The van der Waals surface area contributed by atoms with Crippen molar-refractivity contribution < 1.29 is 4.79 Å². The lowest BCUT2D eigenvalue weighted by Gasteiger charge is -2.09. The van der Waals surface area contributed by atoms with Gasteiger partial charge in [0.05, 0.1) is 11.6 Å². The van der Waals surface area contributed by atoms with Gasteiger partial charge in [-0.3, -0.25) is 0 Å². The number of urea groups is 1. The third-order valence-electron chi connectivity index (χ3n) is 4.24. The molecule has 0 saturated heterocycles. The average Bonchev–Trinajstić information content (AvgIpc) is 3.53. The minimum atomic E-state index is -0.369. The zero-order chi connectivity index (χ0) is 19.3. The summed E-state index contributed by atoms with van der Waals surface area (Å²) in [6.45, 7) is 0. The molecule has 1 fully saturated rings. The van der Waals surface area contributed by atoms with Crippen molar-refractivity contribution in [3.05, 3.63) is 66.4 Å². The number of aromatic nitrogens is 2. The number of rotatable bonds is 5. The van der Waals surface area contributed by atoms with E-state index >= 15 is 0 Å². The van der Waals surface area contributed by atoms with Crippen LogP contribution in [0.25, 0.3) is 11.4 Å². The van der Waals surface area contributed by atoms with Gasteiger partial charge in [-0.25, -0.2) is 14.8 Å². The number of hydrogen-bond donors (Lipinski definition) is 3. The smallest absolute Gasteiger partial charge is 0.323 e. The molecule has 3 N–H and O–H groups in total. The second-order valence-electron chi connectivity index (χ2n) is 6.53. The van der Waals surface area contributed by atoms with Gasteiger partial charge in [0.2, 0.25) is 0 Å². The maximum Gasteiger partial charge on any atom is 0.323 e. The molecule has 1 aliphatic rings. The summed E-state index contributed by atoms with van der Waals surface area (Å²) in [6, 6.07) is 18.1. The number of carbonyl (C=O) groups excluding carboxylic acids is 1. The van der Waals surface area contributed by atoms with Crippen molar-refractivity contribution in [3.63, 3.8) is 0 Å². The van der Waals surface area contributed by atoms with Crippen molar-refractivity contribution in [1.29, 1.82) is 5.26 Å². The molecule has 1 aliphatic carbocycles. The predicted molar refractivity (Wildman–Crippen MR) is 108 cm³/mol. The monoisotopic (exact) mass is 370 g/mol. The number of carbonyl (C=O) groups is 1. The van der Waals surface area contributed by atoms with Crippen LogP contribution in [0.3, 0.4) is 0 Å². The highest BCUT2D eigenvalue weighted by molar-refractivity contribution is 6.00. The van der Waals surface area contributed by atoms with Gasteiger partial charge in [0.1, 0.15) is 5.82 Å². The lowest BCUT2D eigenvalue weighted by molar-refractivity contribution is 0.262. The van der Waals surface area contributed by atoms with Crippen molar-refractivity contribution in [2.24, 2.45) is 0 Å². The fourth-order valence-electron chi connectivity index (χ4n) is 2.67. The largest absolute Gasteiger partial charge is 0.367 e. The summed E-state index contributed by atoms with van der Waals surface area (Å²) in [5, 5.41) is 17.7. The summed E-state index contributed by atoms with van der Waals surface area (Å²) in [5.74, 6) is 1.41. The normalized spacial score (nSPS) is 12.7. The van der Waals surface area contributed by atoms with Gasteiger partial charge in [0.15, 0.2) is 5.82 Å². The van der Waals surface area contributed by atoms with Crippen LogP contribution in [-0.2, 0) is 0 Å². The molecule has 4 rings (SSSR count). The lowest BCUT2D eigenvalue weighted by atomic mass is 10.2. The van der Waals surface area contributed by atoms with E-state index in [4.69, 9.17) is 5.26 Å². The van der Waals surface area contributed by atoms with Gasteiger partial charge in [0.25, 0.3) is 0 Å². The maximum atomic E-state index is 12.2. The first-order valence-corrected chi connectivity index (χ1v) is 8.98. The highest BCUT2D eigenvalue weighted by Crippen LogP contribution is 2.25. The van der Waals surface area contributed by atoms with Crippen LogP contribution in [0, 0.1) is 11.3 Å². The Labute approximate surface area is 162 Å². The Balaban J connectivity index is 1.44. The van der Waals surface area contributed by atoms with E-state index in [0.29, 0.717) is 28.8 Å². The van der Waals surface area contributed by atoms with E-state index in [0.717, 1.165) is 11.4 Å². The number of benzene rings is 2. The minimum Gasteiger partial charge on any atom is -0.367 e. The van der Waals surface area contributed by atoms with E-state index in [9.17, 15) is 4.79 Å². The molecule has 0 bridgehead atoms. The fourth-order valence-corrected chi connectivity index (χ4v) is 2.67. The van der Waals surface area contributed by atoms with Crippen LogP contribution in [0.5, 0.6) is 0 Å².